The molecule has 0 fully saturated rings. The first-order valence-electron chi connectivity index (χ1n) is 17.1. The molecule has 0 aliphatic rings. The smallest absolute Gasteiger partial charge is 0.0633 e. The summed E-state index contributed by atoms with van der Waals surface area (Å²) in [4.78, 5) is 0. The van der Waals surface area contributed by atoms with E-state index in [0.29, 0.717) is 0 Å². The maximum absolute atomic E-state index is 2.51. The van der Waals surface area contributed by atoms with Gasteiger partial charge in [-0.15, -0.1) is 0 Å². The van der Waals surface area contributed by atoms with E-state index in [0.717, 1.165) is 0 Å². The van der Waals surface area contributed by atoms with E-state index in [9.17, 15) is 0 Å². The van der Waals surface area contributed by atoms with Crippen molar-refractivity contribution in [3.8, 4) is 44.5 Å². The monoisotopic (exact) mass is 638 g/mol. The SMILES string of the molecule is c1ccc([SiH2]c2ccc3c(-c4cc(-c5ccccc5)cc(-c5ccccc5)c4)c4ccccc4c(-c4ccc5ccccc5c4)c3c2)cc1. The first-order valence-corrected chi connectivity index (χ1v) is 18.5. The second-order valence-electron chi connectivity index (χ2n) is 12.9. The van der Waals surface area contributed by atoms with Crippen molar-refractivity contribution in [2.24, 2.45) is 0 Å². The Labute approximate surface area is 289 Å². The van der Waals surface area contributed by atoms with Gasteiger partial charge in [-0.2, -0.15) is 0 Å². The minimum atomic E-state index is -0.661. The molecular formula is C48H34Si. The molecule has 0 N–H and O–H groups in total. The Morgan fingerprint density at radius 2 is 0.755 bits per heavy atom. The highest BCUT2D eigenvalue weighted by Gasteiger charge is 2.19. The van der Waals surface area contributed by atoms with Crippen molar-refractivity contribution < 1.29 is 0 Å². The molecule has 0 aromatic heterocycles. The van der Waals surface area contributed by atoms with Crippen LogP contribution in [0.2, 0.25) is 0 Å². The highest BCUT2D eigenvalue weighted by atomic mass is 28.2. The summed E-state index contributed by atoms with van der Waals surface area (Å²) in [6.07, 6.45) is 0. The largest absolute Gasteiger partial charge is 0.0875 e. The van der Waals surface area contributed by atoms with Crippen molar-refractivity contribution in [3.05, 3.63) is 194 Å². The predicted octanol–water partition coefficient (Wildman–Crippen LogP) is 10.9. The molecule has 0 bridgehead atoms. The molecule has 0 spiro atoms. The van der Waals surface area contributed by atoms with Gasteiger partial charge in [-0.05, 0) is 101 Å². The van der Waals surface area contributed by atoms with Crippen molar-refractivity contribution in [3.63, 3.8) is 0 Å². The Hall–Kier alpha value is -6.02. The first kappa shape index (κ1) is 29.1. The summed E-state index contributed by atoms with van der Waals surface area (Å²) < 4.78 is 0. The highest BCUT2D eigenvalue weighted by Crippen LogP contribution is 2.45. The van der Waals surface area contributed by atoms with Gasteiger partial charge in [-0.1, -0.05) is 180 Å². The van der Waals surface area contributed by atoms with Gasteiger partial charge in [0.2, 0.25) is 0 Å². The fourth-order valence-corrected chi connectivity index (χ4v) is 9.02. The Morgan fingerprint density at radius 3 is 1.41 bits per heavy atom. The maximum atomic E-state index is 2.51. The minimum absolute atomic E-state index is 0.661. The molecule has 0 saturated carbocycles. The van der Waals surface area contributed by atoms with E-state index >= 15 is 0 Å². The third-order valence-electron chi connectivity index (χ3n) is 9.81. The number of benzene rings is 9. The second-order valence-corrected chi connectivity index (χ2v) is 14.9. The van der Waals surface area contributed by atoms with E-state index < -0.39 is 9.52 Å². The van der Waals surface area contributed by atoms with Gasteiger partial charge in [-0.3, -0.25) is 0 Å². The molecule has 9 aromatic carbocycles. The number of hydrogen-bond donors (Lipinski definition) is 0. The van der Waals surface area contributed by atoms with Crippen LogP contribution < -0.4 is 10.4 Å². The number of fused-ring (bicyclic) bond motifs is 3. The predicted molar refractivity (Wildman–Crippen MR) is 215 cm³/mol. The van der Waals surface area contributed by atoms with Gasteiger partial charge in [0.05, 0.1) is 9.52 Å². The Kier molecular flexibility index (Phi) is 7.46. The summed E-state index contributed by atoms with van der Waals surface area (Å²) in [7, 11) is -0.661. The Balaban J connectivity index is 1.37. The van der Waals surface area contributed by atoms with E-state index in [1.54, 1.807) is 0 Å². The van der Waals surface area contributed by atoms with Crippen LogP contribution in [0, 0.1) is 0 Å². The fourth-order valence-electron chi connectivity index (χ4n) is 7.50. The zero-order chi connectivity index (χ0) is 32.6. The summed E-state index contributed by atoms with van der Waals surface area (Å²) >= 11 is 0. The van der Waals surface area contributed by atoms with Crippen LogP contribution >= 0.6 is 0 Å². The van der Waals surface area contributed by atoms with Crippen LogP contribution in [0.4, 0.5) is 0 Å². The molecule has 0 aliphatic heterocycles. The normalized spacial score (nSPS) is 11.6. The van der Waals surface area contributed by atoms with Gasteiger partial charge < -0.3 is 0 Å². The molecule has 0 unspecified atom stereocenters. The lowest BCUT2D eigenvalue weighted by molar-refractivity contribution is 1.58. The molecule has 0 nitrogen and oxygen atoms in total. The lowest BCUT2D eigenvalue weighted by Crippen LogP contribution is -2.26. The molecule has 0 atom stereocenters. The Morgan fingerprint density at radius 1 is 0.245 bits per heavy atom. The molecule has 0 radical (unpaired) electrons. The molecule has 1 heteroatoms. The summed E-state index contributed by atoms with van der Waals surface area (Å²) in [5.74, 6) is 0. The maximum Gasteiger partial charge on any atom is 0.0875 e. The van der Waals surface area contributed by atoms with Crippen LogP contribution in [-0.2, 0) is 0 Å². The van der Waals surface area contributed by atoms with Gasteiger partial charge in [0.1, 0.15) is 0 Å². The molecular weight excluding hydrogens is 605 g/mol. The lowest BCUT2D eigenvalue weighted by atomic mass is 9.84. The van der Waals surface area contributed by atoms with Gasteiger partial charge in [-0.25, -0.2) is 0 Å². The van der Waals surface area contributed by atoms with Gasteiger partial charge in [0, 0.05) is 0 Å². The average Bonchev–Trinajstić information content (AvgIpc) is 3.17. The molecule has 0 amide bonds. The molecule has 9 aromatic rings. The summed E-state index contributed by atoms with van der Waals surface area (Å²) in [5, 5.41) is 10.6. The molecule has 230 valence electrons. The van der Waals surface area contributed by atoms with Crippen molar-refractivity contribution in [1.29, 1.82) is 0 Å². The zero-order valence-electron chi connectivity index (χ0n) is 27.2. The second kappa shape index (κ2) is 12.5. The number of rotatable bonds is 6. The highest BCUT2D eigenvalue weighted by molar-refractivity contribution is 6.67. The molecule has 0 saturated heterocycles. The lowest BCUT2D eigenvalue weighted by Gasteiger charge is -2.20. The topological polar surface area (TPSA) is 0 Å². The van der Waals surface area contributed by atoms with Crippen molar-refractivity contribution in [2.75, 3.05) is 0 Å². The quantitative estimate of drug-likeness (QED) is 0.126. The van der Waals surface area contributed by atoms with Crippen LogP contribution in [0.15, 0.2) is 194 Å². The van der Waals surface area contributed by atoms with Crippen LogP contribution in [0.5, 0.6) is 0 Å². The van der Waals surface area contributed by atoms with E-state index in [4.69, 9.17) is 0 Å². The summed E-state index contributed by atoms with van der Waals surface area (Å²) in [5.41, 5.74) is 9.98. The molecule has 0 heterocycles. The van der Waals surface area contributed by atoms with Crippen molar-refractivity contribution >= 4 is 52.2 Å². The van der Waals surface area contributed by atoms with Crippen molar-refractivity contribution in [2.45, 2.75) is 0 Å². The Bertz CT molecular complexity index is 2550. The van der Waals surface area contributed by atoms with Crippen LogP contribution in [0.1, 0.15) is 0 Å². The zero-order valence-corrected chi connectivity index (χ0v) is 28.6. The van der Waals surface area contributed by atoms with Crippen LogP contribution in [0.25, 0.3) is 76.8 Å². The third-order valence-corrected chi connectivity index (χ3v) is 11.5. The standard InChI is InChI=1S/C48H34Si/c1-4-14-33(15-5-1)38-29-39(34-16-6-2-7-17-34)31-40(30-38)48-44-23-13-12-22-43(44)47(37-25-24-35-18-10-11-19-36(35)28-37)46-32-42(26-27-45(46)48)49-41-20-8-3-9-21-41/h1-32H,49H2. The molecule has 9 rings (SSSR count). The fraction of sp³-hybridized carbons (Fsp3) is 0. The van der Waals surface area contributed by atoms with E-state index in [-0.39, 0.29) is 0 Å². The van der Waals surface area contributed by atoms with Gasteiger partial charge >= 0.3 is 0 Å². The van der Waals surface area contributed by atoms with Crippen LogP contribution in [-0.4, -0.2) is 9.52 Å². The van der Waals surface area contributed by atoms with E-state index in [1.165, 1.54) is 87.2 Å². The minimum Gasteiger partial charge on any atom is -0.0633 e. The summed E-state index contributed by atoms with van der Waals surface area (Å²) in [6, 6.07) is 71.7. The summed E-state index contributed by atoms with van der Waals surface area (Å²) in [6.45, 7) is 0. The first-order chi connectivity index (χ1) is 24.3. The van der Waals surface area contributed by atoms with Crippen molar-refractivity contribution in [1.82, 2.24) is 0 Å². The molecule has 0 aliphatic carbocycles. The van der Waals surface area contributed by atoms with Gasteiger partial charge in [0.25, 0.3) is 0 Å². The molecule has 49 heavy (non-hydrogen) atoms. The number of hydrogen-bond acceptors (Lipinski definition) is 0. The van der Waals surface area contributed by atoms with Crippen LogP contribution in [0.3, 0.4) is 0 Å². The van der Waals surface area contributed by atoms with Gasteiger partial charge in [0.15, 0.2) is 0 Å². The van der Waals surface area contributed by atoms with E-state index in [1.807, 2.05) is 0 Å². The average molecular weight is 639 g/mol. The third kappa shape index (κ3) is 5.55. The van der Waals surface area contributed by atoms with E-state index in [2.05, 4.69) is 194 Å².